The molecule has 1 heterocycles. The first kappa shape index (κ1) is 31.9. The minimum absolute atomic E-state index is 0.0688. The predicted octanol–water partition coefficient (Wildman–Crippen LogP) is 6.76. The van der Waals surface area contributed by atoms with E-state index < -0.39 is 19.6 Å². The van der Waals surface area contributed by atoms with E-state index in [0.717, 1.165) is 22.3 Å². The molecule has 0 saturated heterocycles. The van der Waals surface area contributed by atoms with Crippen LogP contribution in [-0.4, -0.2) is 53.9 Å². The van der Waals surface area contributed by atoms with Crippen molar-refractivity contribution < 1.29 is 27.9 Å². The van der Waals surface area contributed by atoms with Crippen molar-refractivity contribution >= 4 is 19.6 Å². The van der Waals surface area contributed by atoms with E-state index in [0.29, 0.717) is 13.0 Å². The summed E-state index contributed by atoms with van der Waals surface area (Å²) in [7, 11) is -3.57. The van der Waals surface area contributed by atoms with Crippen LogP contribution in [0.1, 0.15) is 70.7 Å². The van der Waals surface area contributed by atoms with Gasteiger partial charge in [0.1, 0.15) is 18.9 Å². The van der Waals surface area contributed by atoms with Gasteiger partial charge in [0.05, 0.1) is 13.2 Å². The SMILES string of the molecule is CCOP(=O)(CN(CC(C)C)C(=O)N1Cc2cc(C(C)(C)C)ccc2CC1C(=O)OCc1ccccc1)OCC. The molecule has 40 heavy (non-hydrogen) atoms. The van der Waals surface area contributed by atoms with Gasteiger partial charge < -0.3 is 23.6 Å². The molecule has 2 aromatic rings. The van der Waals surface area contributed by atoms with E-state index in [-0.39, 0.29) is 50.0 Å². The molecule has 0 bridgehead atoms. The highest BCUT2D eigenvalue weighted by atomic mass is 31.2. The number of fused-ring (bicyclic) bond motifs is 1. The van der Waals surface area contributed by atoms with Crippen LogP contribution in [-0.2, 0) is 48.1 Å². The summed E-state index contributed by atoms with van der Waals surface area (Å²) in [5, 5.41) is 0. The number of ether oxygens (including phenoxy) is 1. The minimum atomic E-state index is -3.57. The first-order valence-corrected chi connectivity index (χ1v) is 15.9. The highest BCUT2D eigenvalue weighted by molar-refractivity contribution is 7.53. The van der Waals surface area contributed by atoms with Gasteiger partial charge in [-0.25, -0.2) is 9.59 Å². The van der Waals surface area contributed by atoms with Crippen molar-refractivity contribution in [1.82, 2.24) is 9.80 Å². The standard InChI is InChI=1S/C31H45N2O6P/c1-8-38-40(36,39-9-2)22-32(19-23(3)4)30(35)33-20-26-17-27(31(5,6)7)16-15-25(26)18-28(33)29(34)37-21-24-13-11-10-12-14-24/h10-17,23,28H,8-9,18-22H2,1-7H3. The Hall–Kier alpha value is -2.67. The summed E-state index contributed by atoms with van der Waals surface area (Å²) in [6.07, 6.45) is 0.145. The van der Waals surface area contributed by atoms with E-state index in [2.05, 4.69) is 39.0 Å². The van der Waals surface area contributed by atoms with Gasteiger partial charge in [-0.15, -0.1) is 0 Å². The summed E-state index contributed by atoms with van der Waals surface area (Å²) in [4.78, 5) is 30.8. The van der Waals surface area contributed by atoms with Gasteiger partial charge in [-0.3, -0.25) is 4.57 Å². The van der Waals surface area contributed by atoms with Gasteiger partial charge in [-0.1, -0.05) is 83.1 Å². The van der Waals surface area contributed by atoms with Crippen LogP contribution in [0.5, 0.6) is 0 Å². The van der Waals surface area contributed by atoms with Crippen LogP contribution < -0.4 is 0 Å². The van der Waals surface area contributed by atoms with E-state index >= 15 is 0 Å². The third kappa shape index (κ3) is 8.42. The third-order valence-electron chi connectivity index (χ3n) is 6.80. The number of urea groups is 1. The molecule has 1 aliphatic rings. The minimum Gasteiger partial charge on any atom is -0.459 e. The Bertz CT molecular complexity index is 1180. The molecule has 220 valence electrons. The number of carbonyl (C=O) groups excluding carboxylic acids is 2. The van der Waals surface area contributed by atoms with E-state index in [1.54, 1.807) is 18.7 Å². The number of benzene rings is 2. The maximum absolute atomic E-state index is 14.2. The molecule has 1 atom stereocenters. The molecule has 0 aromatic heterocycles. The molecule has 0 spiro atoms. The van der Waals surface area contributed by atoms with Crippen molar-refractivity contribution in [1.29, 1.82) is 0 Å². The molecule has 8 nitrogen and oxygen atoms in total. The van der Waals surface area contributed by atoms with E-state index in [1.165, 1.54) is 4.90 Å². The molecule has 0 N–H and O–H groups in total. The van der Waals surface area contributed by atoms with Crippen LogP contribution in [0.2, 0.25) is 0 Å². The molecule has 9 heteroatoms. The van der Waals surface area contributed by atoms with Crippen molar-refractivity contribution in [3.63, 3.8) is 0 Å². The van der Waals surface area contributed by atoms with Gasteiger partial charge in [0, 0.05) is 19.5 Å². The first-order valence-electron chi connectivity index (χ1n) is 14.1. The Morgan fingerprint density at radius 1 is 1.02 bits per heavy atom. The number of hydrogen-bond acceptors (Lipinski definition) is 6. The van der Waals surface area contributed by atoms with Crippen LogP contribution >= 0.6 is 7.60 Å². The lowest BCUT2D eigenvalue weighted by Crippen LogP contribution is -2.54. The second-order valence-corrected chi connectivity index (χ2v) is 13.7. The van der Waals surface area contributed by atoms with E-state index in [9.17, 15) is 14.2 Å². The zero-order chi connectivity index (χ0) is 29.5. The van der Waals surface area contributed by atoms with Crippen molar-refractivity contribution in [2.75, 3.05) is 26.0 Å². The quantitative estimate of drug-likeness (QED) is 0.219. The molecule has 2 amide bonds. The largest absolute Gasteiger partial charge is 0.459 e. The van der Waals surface area contributed by atoms with Crippen LogP contribution in [0.25, 0.3) is 0 Å². The van der Waals surface area contributed by atoms with Gasteiger partial charge in [0.25, 0.3) is 0 Å². The Morgan fingerprint density at radius 2 is 1.68 bits per heavy atom. The molecular formula is C31H45N2O6P. The van der Waals surface area contributed by atoms with Gasteiger partial charge in [-0.2, -0.15) is 0 Å². The second-order valence-electron chi connectivity index (χ2n) is 11.7. The Kier molecular flexibility index (Phi) is 11.0. The highest BCUT2D eigenvalue weighted by Gasteiger charge is 2.40. The topological polar surface area (TPSA) is 85.4 Å². The number of amides is 2. The number of rotatable bonds is 11. The lowest BCUT2D eigenvalue weighted by Gasteiger charge is -2.40. The summed E-state index contributed by atoms with van der Waals surface area (Å²) < 4.78 is 30.2. The smallest absolute Gasteiger partial charge is 0.349 e. The maximum Gasteiger partial charge on any atom is 0.349 e. The highest BCUT2D eigenvalue weighted by Crippen LogP contribution is 2.49. The van der Waals surface area contributed by atoms with Crippen molar-refractivity contribution in [3.8, 4) is 0 Å². The maximum atomic E-state index is 14.2. The zero-order valence-corrected chi connectivity index (χ0v) is 25.9. The molecule has 0 aliphatic carbocycles. The third-order valence-corrected chi connectivity index (χ3v) is 8.79. The number of esters is 1. The predicted molar refractivity (Wildman–Crippen MR) is 157 cm³/mol. The summed E-state index contributed by atoms with van der Waals surface area (Å²) in [6, 6.07) is 14.5. The molecule has 2 aromatic carbocycles. The summed E-state index contributed by atoms with van der Waals surface area (Å²) in [6.45, 7) is 15.0. The fourth-order valence-corrected chi connectivity index (χ4v) is 6.51. The van der Waals surface area contributed by atoms with Gasteiger partial charge in [0.15, 0.2) is 0 Å². The van der Waals surface area contributed by atoms with Crippen LogP contribution in [0, 0.1) is 5.92 Å². The van der Waals surface area contributed by atoms with E-state index in [4.69, 9.17) is 13.8 Å². The molecule has 0 saturated carbocycles. The average Bonchev–Trinajstić information content (AvgIpc) is 2.90. The van der Waals surface area contributed by atoms with Crippen molar-refractivity contribution in [3.05, 3.63) is 70.8 Å². The Labute approximate surface area is 239 Å². The first-order chi connectivity index (χ1) is 18.9. The monoisotopic (exact) mass is 572 g/mol. The number of carbonyl (C=O) groups is 2. The molecule has 0 fully saturated rings. The molecule has 1 aliphatic heterocycles. The fraction of sp³-hybridized carbons (Fsp3) is 0.548. The van der Waals surface area contributed by atoms with Gasteiger partial charge in [0.2, 0.25) is 0 Å². The number of hydrogen-bond donors (Lipinski definition) is 0. The molecular weight excluding hydrogens is 527 g/mol. The van der Waals surface area contributed by atoms with Crippen LogP contribution in [0.15, 0.2) is 48.5 Å². The molecule has 3 rings (SSSR count). The van der Waals surface area contributed by atoms with Crippen LogP contribution in [0.3, 0.4) is 0 Å². The Morgan fingerprint density at radius 3 is 2.25 bits per heavy atom. The number of nitrogens with zero attached hydrogens (tertiary/aromatic N) is 2. The summed E-state index contributed by atoms with van der Waals surface area (Å²) in [5.41, 5.74) is 3.97. The summed E-state index contributed by atoms with van der Waals surface area (Å²) >= 11 is 0. The van der Waals surface area contributed by atoms with Crippen molar-refractivity contribution in [2.24, 2.45) is 5.92 Å². The Balaban J connectivity index is 1.97. The van der Waals surface area contributed by atoms with Gasteiger partial charge in [-0.05, 0) is 47.4 Å². The van der Waals surface area contributed by atoms with Gasteiger partial charge >= 0.3 is 19.6 Å². The second kappa shape index (κ2) is 13.8. The fourth-order valence-electron chi connectivity index (χ4n) is 4.83. The molecule has 0 radical (unpaired) electrons. The van der Waals surface area contributed by atoms with Crippen LogP contribution in [0.4, 0.5) is 4.79 Å². The van der Waals surface area contributed by atoms with Crippen molar-refractivity contribution in [2.45, 2.75) is 79.5 Å². The molecule has 1 unspecified atom stereocenters. The normalized spacial score (nSPS) is 15.6. The lowest BCUT2D eigenvalue weighted by molar-refractivity contribution is -0.151. The summed E-state index contributed by atoms with van der Waals surface area (Å²) in [5.74, 6) is -0.376. The average molecular weight is 573 g/mol. The zero-order valence-electron chi connectivity index (χ0n) is 25.0. The lowest BCUT2D eigenvalue weighted by atomic mass is 9.83. The van der Waals surface area contributed by atoms with E-state index in [1.807, 2.05) is 44.2 Å².